The quantitative estimate of drug-likeness (QED) is 0.791. The van der Waals surface area contributed by atoms with Gasteiger partial charge in [0, 0.05) is 11.5 Å². The van der Waals surface area contributed by atoms with E-state index in [0.29, 0.717) is 15.7 Å². The Bertz CT molecular complexity index is 604. The zero-order valence-corrected chi connectivity index (χ0v) is 10.2. The number of aromatic nitrogens is 4. The van der Waals surface area contributed by atoms with Crippen LogP contribution in [0.1, 0.15) is 5.56 Å². The fourth-order valence-corrected chi connectivity index (χ4v) is 1.75. The van der Waals surface area contributed by atoms with Gasteiger partial charge < -0.3 is 0 Å². The van der Waals surface area contributed by atoms with Gasteiger partial charge in [-0.3, -0.25) is 0 Å². The van der Waals surface area contributed by atoms with E-state index in [1.54, 1.807) is 6.92 Å². The summed E-state index contributed by atoms with van der Waals surface area (Å²) in [5.41, 5.74) is 0.527. The Balaban J connectivity index is 2.70. The van der Waals surface area contributed by atoms with E-state index in [1.165, 1.54) is 19.2 Å². The summed E-state index contributed by atoms with van der Waals surface area (Å²) in [6.45, 7) is 1.62. The molecule has 1 aromatic carbocycles. The molecule has 0 radical (unpaired) electrons. The maximum absolute atomic E-state index is 13.2. The Hall–Kier alpha value is -1.50. The third-order valence-corrected chi connectivity index (χ3v) is 2.81. The van der Waals surface area contributed by atoms with Gasteiger partial charge in [-0.2, -0.15) is 9.36 Å². The van der Waals surface area contributed by atoms with Gasteiger partial charge in [-0.25, -0.2) is 9.18 Å². The molecule has 1 heterocycles. The molecule has 1 aromatic heterocycles. The molecule has 0 aliphatic carbocycles. The first-order valence-electron chi connectivity index (χ1n) is 4.45. The molecule has 0 saturated carbocycles. The van der Waals surface area contributed by atoms with E-state index in [-0.39, 0.29) is 11.5 Å². The molecule has 16 heavy (non-hydrogen) atoms. The van der Waals surface area contributed by atoms with E-state index in [9.17, 15) is 9.18 Å². The van der Waals surface area contributed by atoms with Crippen molar-refractivity contribution < 1.29 is 4.39 Å². The molecule has 2 rings (SSSR count). The van der Waals surface area contributed by atoms with Gasteiger partial charge in [0.2, 0.25) is 0 Å². The van der Waals surface area contributed by atoms with Gasteiger partial charge >= 0.3 is 5.69 Å². The molecule has 0 spiro atoms. The average molecular weight is 287 g/mol. The van der Waals surface area contributed by atoms with Gasteiger partial charge in [0.15, 0.2) is 0 Å². The molecule has 0 atom stereocenters. The van der Waals surface area contributed by atoms with Crippen LogP contribution in [-0.2, 0) is 7.05 Å². The number of aryl methyl sites for hydroxylation is 2. The van der Waals surface area contributed by atoms with Crippen LogP contribution in [0.2, 0.25) is 0 Å². The lowest BCUT2D eigenvalue weighted by atomic mass is 10.2. The van der Waals surface area contributed by atoms with Gasteiger partial charge in [-0.05, 0) is 51.0 Å². The fraction of sp³-hybridized carbons (Fsp3) is 0.222. The summed E-state index contributed by atoms with van der Waals surface area (Å²) in [6.07, 6.45) is 0. The molecule has 0 unspecified atom stereocenters. The molecule has 0 fully saturated rings. The van der Waals surface area contributed by atoms with Crippen LogP contribution in [0.5, 0.6) is 0 Å². The highest BCUT2D eigenvalue weighted by Gasteiger charge is 2.12. The Morgan fingerprint density at radius 2 is 2.06 bits per heavy atom. The van der Waals surface area contributed by atoms with Gasteiger partial charge in [-0.1, -0.05) is 0 Å². The maximum Gasteiger partial charge on any atom is 0.368 e. The van der Waals surface area contributed by atoms with E-state index in [0.717, 1.165) is 9.36 Å². The first-order chi connectivity index (χ1) is 7.50. The van der Waals surface area contributed by atoms with Gasteiger partial charge in [0.05, 0.1) is 5.69 Å². The summed E-state index contributed by atoms with van der Waals surface area (Å²) in [7, 11) is 1.50. The minimum Gasteiger partial charge on any atom is -0.244 e. The molecule has 0 amide bonds. The summed E-state index contributed by atoms with van der Waals surface area (Å²) in [6, 6.07) is 2.83. The molecular weight excluding hydrogens is 279 g/mol. The second-order valence-electron chi connectivity index (χ2n) is 3.35. The van der Waals surface area contributed by atoms with Crippen LogP contribution in [0.25, 0.3) is 5.69 Å². The van der Waals surface area contributed by atoms with Crippen molar-refractivity contribution in [2.75, 3.05) is 0 Å². The smallest absolute Gasteiger partial charge is 0.244 e. The van der Waals surface area contributed by atoms with Crippen LogP contribution >= 0.6 is 15.9 Å². The lowest BCUT2D eigenvalue weighted by molar-refractivity contribution is 0.616. The predicted molar refractivity (Wildman–Crippen MR) is 59.0 cm³/mol. The lowest BCUT2D eigenvalue weighted by Crippen LogP contribution is -2.22. The fourth-order valence-electron chi connectivity index (χ4n) is 1.27. The molecule has 2 aromatic rings. The molecule has 84 valence electrons. The lowest BCUT2D eigenvalue weighted by Gasteiger charge is -2.04. The van der Waals surface area contributed by atoms with E-state index in [1.807, 2.05) is 0 Å². The van der Waals surface area contributed by atoms with Gasteiger partial charge in [0.1, 0.15) is 5.82 Å². The zero-order chi connectivity index (χ0) is 11.9. The van der Waals surface area contributed by atoms with Crippen LogP contribution in [0.3, 0.4) is 0 Å². The Labute approximate surface area is 98.6 Å². The minimum atomic E-state index is -0.383. The van der Waals surface area contributed by atoms with Crippen LogP contribution in [0.15, 0.2) is 21.4 Å². The van der Waals surface area contributed by atoms with E-state index >= 15 is 0 Å². The normalized spacial score (nSPS) is 10.8. The topological polar surface area (TPSA) is 52.7 Å². The second kappa shape index (κ2) is 3.82. The average Bonchev–Trinajstić information content (AvgIpc) is 2.54. The Kier molecular flexibility index (Phi) is 2.63. The monoisotopic (exact) mass is 286 g/mol. The number of nitrogens with zero attached hydrogens (tertiary/aromatic N) is 4. The summed E-state index contributed by atoms with van der Waals surface area (Å²) in [5, 5.41) is 7.27. The largest absolute Gasteiger partial charge is 0.368 e. The van der Waals surface area contributed by atoms with Crippen molar-refractivity contribution in [1.29, 1.82) is 0 Å². The molecule has 0 N–H and O–H groups in total. The summed E-state index contributed by atoms with van der Waals surface area (Å²) >= 11 is 3.18. The minimum absolute atomic E-state index is 0.340. The molecule has 0 aliphatic heterocycles. The van der Waals surface area contributed by atoms with Crippen LogP contribution in [-0.4, -0.2) is 19.8 Å². The van der Waals surface area contributed by atoms with Crippen molar-refractivity contribution in [2.24, 2.45) is 7.05 Å². The number of rotatable bonds is 1. The predicted octanol–water partition coefficient (Wildman–Crippen LogP) is 1.18. The molecular formula is C9H8BrFN4O. The summed E-state index contributed by atoms with van der Waals surface area (Å²) in [4.78, 5) is 11.6. The Morgan fingerprint density at radius 1 is 1.38 bits per heavy atom. The Morgan fingerprint density at radius 3 is 2.62 bits per heavy atom. The number of halogens is 2. The number of benzene rings is 1. The van der Waals surface area contributed by atoms with E-state index in [4.69, 9.17) is 0 Å². The highest BCUT2D eigenvalue weighted by atomic mass is 79.9. The van der Waals surface area contributed by atoms with Crippen molar-refractivity contribution >= 4 is 15.9 Å². The number of tetrazole rings is 1. The molecule has 0 aliphatic rings. The van der Waals surface area contributed by atoms with E-state index in [2.05, 4.69) is 26.4 Å². The van der Waals surface area contributed by atoms with Gasteiger partial charge in [-0.15, -0.1) is 0 Å². The SMILES string of the molecule is Cc1cc(-n2nnn(C)c2=O)c(Br)cc1F. The summed E-state index contributed by atoms with van der Waals surface area (Å²) < 4.78 is 15.9. The first-order valence-corrected chi connectivity index (χ1v) is 5.25. The second-order valence-corrected chi connectivity index (χ2v) is 4.20. The third kappa shape index (κ3) is 1.67. The van der Waals surface area contributed by atoms with Crippen LogP contribution in [0, 0.1) is 12.7 Å². The van der Waals surface area contributed by atoms with Crippen molar-refractivity contribution in [2.45, 2.75) is 6.92 Å². The van der Waals surface area contributed by atoms with E-state index < -0.39 is 0 Å². The number of hydrogen-bond acceptors (Lipinski definition) is 3. The van der Waals surface area contributed by atoms with Crippen molar-refractivity contribution in [3.63, 3.8) is 0 Å². The molecule has 0 saturated heterocycles. The van der Waals surface area contributed by atoms with Crippen LogP contribution < -0.4 is 5.69 Å². The standard InChI is InChI=1S/C9H8BrFN4O/c1-5-3-8(6(10)4-7(5)11)15-9(16)14(2)12-13-15/h3-4H,1-2H3. The summed E-state index contributed by atoms with van der Waals surface area (Å²) in [5.74, 6) is -0.340. The number of hydrogen-bond donors (Lipinski definition) is 0. The molecule has 7 heteroatoms. The van der Waals surface area contributed by atoms with Crippen molar-refractivity contribution in [3.8, 4) is 5.69 Å². The van der Waals surface area contributed by atoms with Crippen molar-refractivity contribution in [1.82, 2.24) is 19.8 Å². The van der Waals surface area contributed by atoms with Crippen LogP contribution in [0.4, 0.5) is 4.39 Å². The highest BCUT2D eigenvalue weighted by molar-refractivity contribution is 9.10. The maximum atomic E-state index is 13.2. The molecule has 0 bridgehead atoms. The third-order valence-electron chi connectivity index (χ3n) is 2.18. The zero-order valence-electron chi connectivity index (χ0n) is 8.61. The van der Waals surface area contributed by atoms with Gasteiger partial charge in [0.25, 0.3) is 0 Å². The molecule has 5 nitrogen and oxygen atoms in total. The first kappa shape index (κ1) is 11.0. The highest BCUT2D eigenvalue weighted by Crippen LogP contribution is 2.22. The van der Waals surface area contributed by atoms with Crippen molar-refractivity contribution in [3.05, 3.63) is 38.5 Å².